The highest BCUT2D eigenvalue weighted by molar-refractivity contribution is 5.94. The number of carboxylic acids is 1. The van der Waals surface area contributed by atoms with Gasteiger partial charge >= 0.3 is 5.97 Å². The van der Waals surface area contributed by atoms with Crippen LogP contribution >= 0.6 is 0 Å². The van der Waals surface area contributed by atoms with Crippen LogP contribution in [0.2, 0.25) is 0 Å². The highest BCUT2D eigenvalue weighted by Crippen LogP contribution is 2.28. The number of nitrogens with one attached hydrogen (secondary N) is 1. The van der Waals surface area contributed by atoms with E-state index in [0.29, 0.717) is 18.1 Å². The molecule has 1 amide bonds. The van der Waals surface area contributed by atoms with E-state index >= 15 is 0 Å². The fraction of sp³-hybridized carbons (Fsp3) is 0.444. The summed E-state index contributed by atoms with van der Waals surface area (Å²) >= 11 is 0. The molecular formula is C18H25NO5. The van der Waals surface area contributed by atoms with Crippen molar-refractivity contribution < 1.29 is 24.2 Å². The van der Waals surface area contributed by atoms with Gasteiger partial charge in [-0.25, -0.2) is 4.79 Å². The molecule has 1 aromatic carbocycles. The lowest BCUT2D eigenvalue weighted by atomic mass is 10.0. The Morgan fingerprint density at radius 2 is 2.00 bits per heavy atom. The number of hydrogen-bond donors (Lipinski definition) is 2. The Kier molecular flexibility index (Phi) is 7.82. The summed E-state index contributed by atoms with van der Waals surface area (Å²) in [6.07, 6.45) is 3.80. The predicted molar refractivity (Wildman–Crippen MR) is 92.2 cm³/mol. The fourth-order valence-corrected chi connectivity index (χ4v) is 2.01. The van der Waals surface area contributed by atoms with Crippen molar-refractivity contribution in [1.82, 2.24) is 5.32 Å². The minimum atomic E-state index is -1.05. The number of aliphatic carboxylic acids is 1. The first-order chi connectivity index (χ1) is 11.4. The second kappa shape index (κ2) is 9.60. The van der Waals surface area contributed by atoms with Crippen molar-refractivity contribution in [2.45, 2.75) is 33.2 Å². The third-order valence-electron chi connectivity index (χ3n) is 3.31. The number of benzene rings is 1. The second-order valence-corrected chi connectivity index (χ2v) is 5.66. The summed E-state index contributed by atoms with van der Waals surface area (Å²) in [6.45, 7) is 6.09. The standard InChI is InChI=1S/C18H25NO5/c1-5-10-24-14-8-6-13(11-15(14)23-4)7-9-16(20)19-17(12(2)3)18(21)22/h6-9,11-12,17H,5,10H2,1-4H3,(H,19,20)(H,21,22)/b9-7+. The molecule has 6 heteroatoms. The molecule has 0 fully saturated rings. The maximum atomic E-state index is 11.9. The zero-order valence-corrected chi connectivity index (χ0v) is 14.5. The molecule has 0 saturated heterocycles. The molecule has 0 saturated carbocycles. The van der Waals surface area contributed by atoms with Crippen LogP contribution in [0.15, 0.2) is 24.3 Å². The molecule has 0 heterocycles. The van der Waals surface area contributed by atoms with Crippen molar-refractivity contribution in [1.29, 1.82) is 0 Å². The van der Waals surface area contributed by atoms with E-state index in [1.807, 2.05) is 6.92 Å². The van der Waals surface area contributed by atoms with Crippen LogP contribution in [0.25, 0.3) is 6.08 Å². The molecule has 0 aliphatic carbocycles. The topological polar surface area (TPSA) is 84.9 Å². The van der Waals surface area contributed by atoms with E-state index in [-0.39, 0.29) is 5.92 Å². The highest BCUT2D eigenvalue weighted by atomic mass is 16.5. The minimum Gasteiger partial charge on any atom is -0.493 e. The highest BCUT2D eigenvalue weighted by Gasteiger charge is 2.22. The number of carbonyl (C=O) groups excluding carboxylic acids is 1. The third kappa shape index (κ3) is 5.95. The molecule has 6 nitrogen and oxygen atoms in total. The number of methoxy groups -OCH3 is 1. The van der Waals surface area contributed by atoms with Gasteiger partial charge in [0.05, 0.1) is 13.7 Å². The Bertz CT molecular complexity index is 595. The van der Waals surface area contributed by atoms with E-state index in [9.17, 15) is 9.59 Å². The molecular weight excluding hydrogens is 310 g/mol. The quantitative estimate of drug-likeness (QED) is 0.678. The third-order valence-corrected chi connectivity index (χ3v) is 3.31. The first-order valence-corrected chi connectivity index (χ1v) is 7.91. The van der Waals surface area contributed by atoms with E-state index in [0.717, 1.165) is 12.0 Å². The maximum absolute atomic E-state index is 11.9. The maximum Gasteiger partial charge on any atom is 0.326 e. The van der Waals surface area contributed by atoms with Crippen molar-refractivity contribution in [3.05, 3.63) is 29.8 Å². The van der Waals surface area contributed by atoms with Gasteiger partial charge < -0.3 is 19.9 Å². The van der Waals surface area contributed by atoms with Gasteiger partial charge in [-0.3, -0.25) is 4.79 Å². The molecule has 1 atom stereocenters. The summed E-state index contributed by atoms with van der Waals surface area (Å²) in [6, 6.07) is 4.42. The van der Waals surface area contributed by atoms with Crippen LogP contribution in [0.4, 0.5) is 0 Å². The lowest BCUT2D eigenvalue weighted by Crippen LogP contribution is -2.43. The normalized spacial score (nSPS) is 12.2. The molecule has 1 unspecified atom stereocenters. The van der Waals surface area contributed by atoms with Crippen LogP contribution in [-0.4, -0.2) is 36.7 Å². The largest absolute Gasteiger partial charge is 0.493 e. The van der Waals surface area contributed by atoms with Gasteiger partial charge in [-0.2, -0.15) is 0 Å². The molecule has 0 aliphatic rings. The number of carboxylic acid groups (broad SMARTS) is 1. The van der Waals surface area contributed by atoms with Crippen molar-refractivity contribution in [3.63, 3.8) is 0 Å². The predicted octanol–water partition coefficient (Wildman–Crippen LogP) is 2.72. The van der Waals surface area contributed by atoms with E-state index in [1.165, 1.54) is 6.08 Å². The first-order valence-electron chi connectivity index (χ1n) is 7.91. The van der Waals surface area contributed by atoms with Crippen LogP contribution in [0.3, 0.4) is 0 Å². The van der Waals surface area contributed by atoms with Gasteiger partial charge in [0.25, 0.3) is 0 Å². The summed E-state index contributed by atoms with van der Waals surface area (Å²) in [7, 11) is 1.55. The molecule has 0 radical (unpaired) electrons. The average Bonchev–Trinajstić information content (AvgIpc) is 2.55. The molecule has 132 valence electrons. The Balaban J connectivity index is 2.79. The molecule has 0 bridgehead atoms. The second-order valence-electron chi connectivity index (χ2n) is 5.66. The van der Waals surface area contributed by atoms with Crippen molar-refractivity contribution in [3.8, 4) is 11.5 Å². The van der Waals surface area contributed by atoms with Crippen molar-refractivity contribution in [2.75, 3.05) is 13.7 Å². The van der Waals surface area contributed by atoms with Gasteiger partial charge in [0, 0.05) is 6.08 Å². The zero-order valence-electron chi connectivity index (χ0n) is 14.5. The summed E-state index contributed by atoms with van der Waals surface area (Å²) in [5, 5.41) is 11.6. The monoisotopic (exact) mass is 335 g/mol. The molecule has 24 heavy (non-hydrogen) atoms. The Labute approximate surface area is 142 Å². The average molecular weight is 335 g/mol. The number of amides is 1. The summed E-state index contributed by atoms with van der Waals surface area (Å²) < 4.78 is 10.8. The van der Waals surface area contributed by atoms with Crippen LogP contribution in [0.1, 0.15) is 32.8 Å². The SMILES string of the molecule is CCCOc1ccc(/C=C/C(=O)NC(C(=O)O)C(C)C)cc1OC. The molecule has 0 spiro atoms. The summed E-state index contributed by atoms with van der Waals surface area (Å²) in [5.41, 5.74) is 0.752. The van der Waals surface area contributed by atoms with Crippen LogP contribution < -0.4 is 14.8 Å². The minimum absolute atomic E-state index is 0.199. The Morgan fingerprint density at radius 1 is 1.29 bits per heavy atom. The van der Waals surface area contributed by atoms with Crippen molar-refractivity contribution in [2.24, 2.45) is 5.92 Å². The van der Waals surface area contributed by atoms with E-state index in [4.69, 9.17) is 14.6 Å². The van der Waals surface area contributed by atoms with E-state index in [1.54, 1.807) is 45.2 Å². The molecule has 1 rings (SSSR count). The lowest BCUT2D eigenvalue weighted by Gasteiger charge is -2.16. The van der Waals surface area contributed by atoms with Gasteiger partial charge in [0.1, 0.15) is 6.04 Å². The van der Waals surface area contributed by atoms with Crippen molar-refractivity contribution >= 4 is 18.0 Å². The van der Waals surface area contributed by atoms with E-state index in [2.05, 4.69) is 5.32 Å². The van der Waals surface area contributed by atoms with E-state index < -0.39 is 17.9 Å². The van der Waals surface area contributed by atoms with Crippen LogP contribution in [-0.2, 0) is 9.59 Å². The van der Waals surface area contributed by atoms with Gasteiger partial charge in [-0.15, -0.1) is 0 Å². The number of hydrogen-bond acceptors (Lipinski definition) is 4. The van der Waals surface area contributed by atoms with Gasteiger partial charge in [-0.1, -0.05) is 26.8 Å². The molecule has 1 aromatic rings. The lowest BCUT2D eigenvalue weighted by molar-refractivity contribution is -0.142. The summed E-state index contributed by atoms with van der Waals surface area (Å²) in [5.74, 6) is -0.481. The number of rotatable bonds is 9. The van der Waals surface area contributed by atoms with Gasteiger partial charge in [-0.05, 0) is 36.1 Å². The first kappa shape index (κ1) is 19.5. The van der Waals surface area contributed by atoms with Crippen LogP contribution in [0.5, 0.6) is 11.5 Å². The van der Waals surface area contributed by atoms with Gasteiger partial charge in [0.15, 0.2) is 11.5 Å². The smallest absolute Gasteiger partial charge is 0.326 e. The molecule has 0 aliphatic heterocycles. The molecule has 2 N–H and O–H groups in total. The summed E-state index contributed by atoms with van der Waals surface area (Å²) in [4.78, 5) is 23.0. The Hall–Kier alpha value is -2.50. The van der Waals surface area contributed by atoms with Gasteiger partial charge in [0.2, 0.25) is 5.91 Å². The Morgan fingerprint density at radius 3 is 2.54 bits per heavy atom. The molecule has 0 aromatic heterocycles. The zero-order chi connectivity index (χ0) is 18.1. The fourth-order valence-electron chi connectivity index (χ4n) is 2.01. The van der Waals surface area contributed by atoms with Crippen LogP contribution in [0, 0.1) is 5.92 Å². The number of carbonyl (C=O) groups is 2. The number of ether oxygens (including phenoxy) is 2.